The highest BCUT2D eigenvalue weighted by molar-refractivity contribution is 7.09. The van der Waals surface area contributed by atoms with E-state index in [0.717, 1.165) is 28.8 Å². The first-order valence-corrected chi connectivity index (χ1v) is 9.59. The lowest BCUT2D eigenvalue weighted by molar-refractivity contribution is 0.392. The molecule has 142 valence electrons. The molecule has 0 unspecified atom stereocenters. The van der Waals surface area contributed by atoms with Gasteiger partial charge in [0, 0.05) is 31.1 Å². The Morgan fingerprint density at radius 3 is 2.65 bits per heavy atom. The van der Waals surface area contributed by atoms with Crippen molar-refractivity contribution in [2.24, 2.45) is 4.99 Å². The molecule has 0 radical (unpaired) electrons. The van der Waals surface area contributed by atoms with Gasteiger partial charge in [-0.05, 0) is 45.6 Å². The standard InChI is InChI=1S/C19H28FN5S/c1-6-21-19(25(5)12-17-13-26-14(2)23-17)22-10-15-7-8-18(20)16(9-15)11-24(3)4/h7-9,13H,6,10-12H2,1-5H3,(H,21,22). The number of halogens is 1. The second-order valence-electron chi connectivity index (χ2n) is 6.55. The largest absolute Gasteiger partial charge is 0.357 e. The van der Waals surface area contributed by atoms with Gasteiger partial charge in [0.25, 0.3) is 0 Å². The van der Waals surface area contributed by atoms with Crippen molar-refractivity contribution in [3.05, 3.63) is 51.2 Å². The number of benzene rings is 1. The highest BCUT2D eigenvalue weighted by Gasteiger charge is 2.09. The van der Waals surface area contributed by atoms with Gasteiger partial charge in [-0.25, -0.2) is 14.4 Å². The summed E-state index contributed by atoms with van der Waals surface area (Å²) in [7, 11) is 5.86. The fraction of sp³-hybridized carbons (Fsp3) is 0.474. The topological polar surface area (TPSA) is 43.8 Å². The summed E-state index contributed by atoms with van der Waals surface area (Å²) in [5.74, 6) is 0.644. The van der Waals surface area contributed by atoms with Crippen LogP contribution in [0.2, 0.25) is 0 Å². The Bertz CT molecular complexity index is 741. The number of nitrogens with one attached hydrogen (secondary N) is 1. The second-order valence-corrected chi connectivity index (χ2v) is 7.61. The van der Waals surface area contributed by atoms with E-state index in [9.17, 15) is 4.39 Å². The van der Waals surface area contributed by atoms with Crippen molar-refractivity contribution in [1.29, 1.82) is 0 Å². The van der Waals surface area contributed by atoms with Gasteiger partial charge in [0.05, 0.1) is 23.8 Å². The summed E-state index contributed by atoms with van der Waals surface area (Å²) in [6.07, 6.45) is 0. The second kappa shape index (κ2) is 9.64. The Morgan fingerprint density at radius 1 is 1.27 bits per heavy atom. The normalized spacial score (nSPS) is 11.9. The first-order chi connectivity index (χ1) is 12.4. The summed E-state index contributed by atoms with van der Waals surface area (Å²) in [5, 5.41) is 6.44. The van der Waals surface area contributed by atoms with Crippen molar-refractivity contribution in [1.82, 2.24) is 20.1 Å². The van der Waals surface area contributed by atoms with Gasteiger partial charge in [-0.2, -0.15) is 0 Å². The lowest BCUT2D eigenvalue weighted by Crippen LogP contribution is -2.38. The summed E-state index contributed by atoms with van der Waals surface area (Å²) in [5.41, 5.74) is 2.73. The summed E-state index contributed by atoms with van der Waals surface area (Å²) < 4.78 is 13.9. The molecule has 7 heteroatoms. The summed E-state index contributed by atoms with van der Waals surface area (Å²) in [6.45, 7) is 6.62. The number of rotatable bonds is 7. The van der Waals surface area contributed by atoms with E-state index >= 15 is 0 Å². The Hall–Kier alpha value is -1.99. The van der Waals surface area contributed by atoms with Crippen molar-refractivity contribution < 1.29 is 4.39 Å². The Labute approximate surface area is 159 Å². The highest BCUT2D eigenvalue weighted by Crippen LogP contribution is 2.14. The molecule has 1 aromatic carbocycles. The van der Waals surface area contributed by atoms with Crippen molar-refractivity contribution in [3.63, 3.8) is 0 Å². The maximum atomic E-state index is 13.9. The molecule has 0 aliphatic heterocycles. The molecule has 0 aliphatic carbocycles. The molecule has 0 spiro atoms. The Morgan fingerprint density at radius 2 is 2.04 bits per heavy atom. The van der Waals surface area contributed by atoms with Crippen LogP contribution in [0.4, 0.5) is 4.39 Å². The molecule has 0 fully saturated rings. The smallest absolute Gasteiger partial charge is 0.194 e. The van der Waals surface area contributed by atoms with Crippen molar-refractivity contribution in [3.8, 4) is 0 Å². The summed E-state index contributed by atoms with van der Waals surface area (Å²) in [6, 6.07) is 5.22. The van der Waals surface area contributed by atoms with Crippen LogP contribution in [0.3, 0.4) is 0 Å². The van der Waals surface area contributed by atoms with E-state index in [1.54, 1.807) is 17.4 Å². The molecule has 0 saturated heterocycles. The monoisotopic (exact) mass is 377 g/mol. The molecule has 0 amide bonds. The number of hydrogen-bond acceptors (Lipinski definition) is 4. The number of aryl methyl sites for hydroxylation is 1. The summed E-state index contributed by atoms with van der Waals surface area (Å²) >= 11 is 1.65. The minimum absolute atomic E-state index is 0.172. The van der Waals surface area contributed by atoms with Crippen molar-refractivity contribution in [2.75, 3.05) is 27.7 Å². The minimum atomic E-state index is -0.172. The van der Waals surface area contributed by atoms with Gasteiger partial charge < -0.3 is 15.1 Å². The van der Waals surface area contributed by atoms with Crippen LogP contribution in [0, 0.1) is 12.7 Å². The predicted octanol–water partition coefficient (Wildman–Crippen LogP) is 3.25. The third-order valence-corrected chi connectivity index (χ3v) is 4.59. The number of thiazole rings is 1. The van der Waals surface area contributed by atoms with E-state index in [-0.39, 0.29) is 5.82 Å². The zero-order valence-corrected chi connectivity index (χ0v) is 17.0. The van der Waals surface area contributed by atoms with Gasteiger partial charge in [-0.3, -0.25) is 0 Å². The molecule has 0 bridgehead atoms. The molecule has 1 heterocycles. The molecule has 0 aliphatic rings. The zero-order valence-electron chi connectivity index (χ0n) is 16.2. The lowest BCUT2D eigenvalue weighted by Gasteiger charge is -2.21. The maximum absolute atomic E-state index is 13.9. The van der Waals surface area contributed by atoms with E-state index < -0.39 is 0 Å². The van der Waals surface area contributed by atoms with E-state index in [1.165, 1.54) is 6.07 Å². The van der Waals surface area contributed by atoms with Crippen LogP contribution in [0.15, 0.2) is 28.6 Å². The van der Waals surface area contributed by atoms with Gasteiger partial charge in [0.2, 0.25) is 0 Å². The molecule has 0 atom stereocenters. The lowest BCUT2D eigenvalue weighted by atomic mass is 10.1. The third-order valence-electron chi connectivity index (χ3n) is 3.77. The van der Waals surface area contributed by atoms with Crippen LogP contribution in [0.25, 0.3) is 0 Å². The first kappa shape index (κ1) is 20.3. The molecule has 1 aromatic heterocycles. The SMILES string of the molecule is CCNC(=NCc1ccc(F)c(CN(C)C)c1)N(C)Cc1csc(C)n1. The average Bonchev–Trinajstić information content (AvgIpc) is 2.98. The van der Waals surface area contributed by atoms with Gasteiger partial charge >= 0.3 is 0 Å². The van der Waals surface area contributed by atoms with Crippen LogP contribution in [-0.4, -0.2) is 48.4 Å². The van der Waals surface area contributed by atoms with Gasteiger partial charge in [0.1, 0.15) is 5.82 Å². The predicted molar refractivity (Wildman–Crippen MR) is 107 cm³/mol. The zero-order chi connectivity index (χ0) is 19.1. The van der Waals surface area contributed by atoms with Gasteiger partial charge in [-0.15, -0.1) is 11.3 Å². The number of aromatic nitrogens is 1. The van der Waals surface area contributed by atoms with Gasteiger partial charge in [0.15, 0.2) is 5.96 Å². The molecular weight excluding hydrogens is 349 g/mol. The van der Waals surface area contributed by atoms with E-state index in [1.807, 2.05) is 46.0 Å². The molecule has 26 heavy (non-hydrogen) atoms. The Kier molecular flexibility index (Phi) is 7.53. The van der Waals surface area contributed by atoms with Crippen LogP contribution < -0.4 is 5.32 Å². The van der Waals surface area contributed by atoms with Crippen LogP contribution in [0.1, 0.15) is 28.8 Å². The minimum Gasteiger partial charge on any atom is -0.357 e. The number of nitrogens with zero attached hydrogens (tertiary/aromatic N) is 4. The van der Waals surface area contributed by atoms with E-state index in [2.05, 4.69) is 20.6 Å². The molecule has 5 nitrogen and oxygen atoms in total. The van der Waals surface area contributed by atoms with Crippen LogP contribution in [0.5, 0.6) is 0 Å². The molecule has 1 N–H and O–H groups in total. The third kappa shape index (κ3) is 6.07. The molecule has 2 aromatic rings. The highest BCUT2D eigenvalue weighted by atomic mass is 32.1. The van der Waals surface area contributed by atoms with Gasteiger partial charge in [-0.1, -0.05) is 6.07 Å². The summed E-state index contributed by atoms with van der Waals surface area (Å²) in [4.78, 5) is 13.2. The maximum Gasteiger partial charge on any atom is 0.194 e. The molecule has 2 rings (SSSR count). The first-order valence-electron chi connectivity index (χ1n) is 8.71. The fourth-order valence-corrected chi connectivity index (χ4v) is 3.23. The number of aliphatic imine (C=N–C) groups is 1. The van der Waals surface area contributed by atoms with Crippen molar-refractivity contribution in [2.45, 2.75) is 33.5 Å². The van der Waals surface area contributed by atoms with Crippen molar-refractivity contribution >= 4 is 17.3 Å². The van der Waals surface area contributed by atoms with Crippen LogP contribution in [-0.2, 0) is 19.6 Å². The molecular formula is C19H28FN5S. The quantitative estimate of drug-likeness (QED) is 0.594. The van der Waals surface area contributed by atoms with E-state index in [4.69, 9.17) is 4.99 Å². The fourth-order valence-electron chi connectivity index (χ4n) is 2.62. The van der Waals surface area contributed by atoms with Crippen LogP contribution >= 0.6 is 11.3 Å². The van der Waals surface area contributed by atoms with E-state index in [0.29, 0.717) is 25.2 Å². The number of guanidine groups is 1. The number of hydrogen-bond donors (Lipinski definition) is 1. The Balaban J connectivity index is 2.10. The molecule has 0 saturated carbocycles. The average molecular weight is 378 g/mol.